The van der Waals surface area contributed by atoms with Crippen molar-refractivity contribution >= 4 is 24.8 Å². The second-order valence-corrected chi connectivity index (χ2v) is 3.50. The second-order valence-electron chi connectivity index (χ2n) is 3.50. The topological polar surface area (TPSA) is 40.7 Å². The summed E-state index contributed by atoms with van der Waals surface area (Å²) in [5.41, 5.74) is 3.74. The van der Waals surface area contributed by atoms with E-state index in [0.717, 1.165) is 12.2 Å². The molecule has 1 aromatic rings. The average molecular weight is 238 g/mol. The van der Waals surface area contributed by atoms with Crippen LogP contribution in [-0.2, 0) is 0 Å². The fourth-order valence-corrected chi connectivity index (χ4v) is 2.00. The zero-order valence-electron chi connectivity index (χ0n) is 8.46. The highest BCUT2D eigenvalue weighted by Gasteiger charge is 2.21. The van der Waals surface area contributed by atoms with Crippen LogP contribution in [0.1, 0.15) is 35.8 Å². The molecule has 1 saturated heterocycles. The highest BCUT2D eigenvalue weighted by Crippen LogP contribution is 2.26. The molecule has 1 fully saturated rings. The van der Waals surface area contributed by atoms with Gasteiger partial charge < -0.3 is 5.32 Å². The fraction of sp³-hybridized carbons (Fsp3) is 0.667. The van der Waals surface area contributed by atoms with Gasteiger partial charge in [-0.05, 0) is 33.2 Å². The molecule has 0 radical (unpaired) electrons. The minimum Gasteiger partial charge on any atom is -0.310 e. The molecule has 0 saturated carbocycles. The van der Waals surface area contributed by atoms with Gasteiger partial charge in [0.05, 0.1) is 5.69 Å². The highest BCUT2D eigenvalue weighted by molar-refractivity contribution is 5.85. The zero-order valence-corrected chi connectivity index (χ0v) is 10.1. The van der Waals surface area contributed by atoms with Crippen LogP contribution in [0.4, 0.5) is 0 Å². The Morgan fingerprint density at radius 2 is 2.00 bits per heavy atom. The first-order valence-corrected chi connectivity index (χ1v) is 4.54. The first kappa shape index (κ1) is 13.8. The van der Waals surface area contributed by atoms with Crippen LogP contribution in [0.3, 0.4) is 0 Å². The summed E-state index contributed by atoms with van der Waals surface area (Å²) in [6.45, 7) is 5.31. The number of hydrogen-bond donors (Lipinski definition) is 2. The molecule has 0 spiro atoms. The Balaban J connectivity index is 0.000000845. The number of aromatic nitrogens is 2. The number of halogens is 2. The van der Waals surface area contributed by atoms with Crippen molar-refractivity contribution in [1.82, 2.24) is 15.5 Å². The van der Waals surface area contributed by atoms with Crippen LogP contribution in [0.25, 0.3) is 0 Å². The summed E-state index contributed by atoms with van der Waals surface area (Å²) < 4.78 is 0. The summed E-state index contributed by atoms with van der Waals surface area (Å²) in [6.07, 6.45) is 2.54. The third-order valence-corrected chi connectivity index (χ3v) is 2.59. The first-order chi connectivity index (χ1) is 5.79. The molecule has 1 atom stereocenters. The van der Waals surface area contributed by atoms with Crippen LogP contribution < -0.4 is 5.32 Å². The lowest BCUT2D eigenvalue weighted by Crippen LogP contribution is -2.14. The number of H-pyrrole nitrogens is 1. The minimum absolute atomic E-state index is 0. The van der Waals surface area contributed by atoms with Crippen molar-refractivity contribution < 1.29 is 0 Å². The van der Waals surface area contributed by atoms with E-state index in [0.29, 0.717) is 6.04 Å². The molecule has 2 rings (SSSR count). The predicted octanol–water partition coefficient (Wildman–Crippen LogP) is 2.29. The molecule has 0 aliphatic carbocycles. The zero-order chi connectivity index (χ0) is 8.55. The molecule has 2 heterocycles. The van der Waals surface area contributed by atoms with E-state index in [1.54, 1.807) is 0 Å². The van der Waals surface area contributed by atoms with Gasteiger partial charge in [-0.1, -0.05) is 0 Å². The van der Waals surface area contributed by atoms with E-state index in [1.165, 1.54) is 24.1 Å². The summed E-state index contributed by atoms with van der Waals surface area (Å²) in [5.74, 6) is 0. The van der Waals surface area contributed by atoms with Gasteiger partial charge in [0.1, 0.15) is 0 Å². The number of nitrogens with one attached hydrogen (secondary N) is 2. The highest BCUT2D eigenvalue weighted by atomic mass is 35.5. The molecule has 1 aliphatic rings. The van der Waals surface area contributed by atoms with Crippen molar-refractivity contribution in [3.8, 4) is 0 Å². The molecule has 14 heavy (non-hydrogen) atoms. The summed E-state index contributed by atoms with van der Waals surface area (Å²) in [6, 6.07) is 0.545. The van der Waals surface area contributed by atoms with E-state index in [9.17, 15) is 0 Å². The summed E-state index contributed by atoms with van der Waals surface area (Å²) in [4.78, 5) is 0. The van der Waals surface area contributed by atoms with Gasteiger partial charge in [-0.2, -0.15) is 5.10 Å². The van der Waals surface area contributed by atoms with E-state index >= 15 is 0 Å². The van der Waals surface area contributed by atoms with Gasteiger partial charge in [0.2, 0.25) is 0 Å². The van der Waals surface area contributed by atoms with E-state index in [-0.39, 0.29) is 24.8 Å². The molecule has 0 aromatic carbocycles. The Labute approximate surface area is 96.9 Å². The summed E-state index contributed by atoms with van der Waals surface area (Å²) in [5, 5.41) is 10.7. The summed E-state index contributed by atoms with van der Waals surface area (Å²) >= 11 is 0. The lowest BCUT2D eigenvalue weighted by atomic mass is 10.0. The van der Waals surface area contributed by atoms with E-state index in [2.05, 4.69) is 29.4 Å². The van der Waals surface area contributed by atoms with Crippen LogP contribution in [0, 0.1) is 13.8 Å². The predicted molar refractivity (Wildman–Crippen MR) is 62.5 cm³/mol. The summed E-state index contributed by atoms with van der Waals surface area (Å²) in [7, 11) is 0. The van der Waals surface area contributed by atoms with Crippen LogP contribution in [0.5, 0.6) is 0 Å². The van der Waals surface area contributed by atoms with E-state index < -0.39 is 0 Å². The number of rotatable bonds is 1. The van der Waals surface area contributed by atoms with Gasteiger partial charge in [-0.3, -0.25) is 5.10 Å². The van der Waals surface area contributed by atoms with Crippen LogP contribution in [-0.4, -0.2) is 16.7 Å². The quantitative estimate of drug-likeness (QED) is 0.788. The lowest BCUT2D eigenvalue weighted by Gasteiger charge is -2.09. The molecule has 82 valence electrons. The normalized spacial score (nSPS) is 20.0. The van der Waals surface area contributed by atoms with Crippen molar-refractivity contribution in [1.29, 1.82) is 0 Å². The number of aryl methyl sites for hydroxylation is 2. The van der Waals surface area contributed by atoms with Crippen LogP contribution in [0.15, 0.2) is 0 Å². The molecular weight excluding hydrogens is 221 g/mol. The van der Waals surface area contributed by atoms with Gasteiger partial charge in [-0.15, -0.1) is 24.8 Å². The Bertz CT molecular complexity index is 260. The Kier molecular flexibility index (Phi) is 5.49. The van der Waals surface area contributed by atoms with Crippen molar-refractivity contribution in [2.75, 3.05) is 6.54 Å². The smallest absolute Gasteiger partial charge is 0.0641 e. The SMILES string of the molecule is Cc1n[nH]c(C)c1C1CCCN1.Cl.Cl. The van der Waals surface area contributed by atoms with Crippen molar-refractivity contribution in [2.24, 2.45) is 0 Å². The van der Waals surface area contributed by atoms with Crippen molar-refractivity contribution in [3.63, 3.8) is 0 Å². The molecule has 2 N–H and O–H groups in total. The van der Waals surface area contributed by atoms with Crippen LogP contribution in [0.2, 0.25) is 0 Å². The Morgan fingerprint density at radius 3 is 2.43 bits per heavy atom. The number of nitrogens with zero attached hydrogens (tertiary/aromatic N) is 1. The molecular formula is C9H17Cl2N3. The Hall–Kier alpha value is -0.250. The molecule has 5 heteroatoms. The van der Waals surface area contributed by atoms with Gasteiger partial charge >= 0.3 is 0 Å². The molecule has 1 aromatic heterocycles. The third-order valence-electron chi connectivity index (χ3n) is 2.59. The monoisotopic (exact) mass is 237 g/mol. The number of aromatic amines is 1. The van der Waals surface area contributed by atoms with E-state index in [4.69, 9.17) is 0 Å². The van der Waals surface area contributed by atoms with E-state index in [1.807, 2.05) is 0 Å². The lowest BCUT2D eigenvalue weighted by molar-refractivity contribution is 0.640. The largest absolute Gasteiger partial charge is 0.310 e. The molecule has 1 unspecified atom stereocenters. The molecule has 0 bridgehead atoms. The maximum Gasteiger partial charge on any atom is 0.0641 e. The average Bonchev–Trinajstić information content (AvgIpc) is 2.61. The second kappa shape index (κ2) is 5.59. The Morgan fingerprint density at radius 1 is 1.29 bits per heavy atom. The van der Waals surface area contributed by atoms with Gasteiger partial charge in [0, 0.05) is 17.3 Å². The molecule has 3 nitrogen and oxygen atoms in total. The van der Waals surface area contributed by atoms with Crippen molar-refractivity contribution in [2.45, 2.75) is 32.7 Å². The first-order valence-electron chi connectivity index (χ1n) is 4.54. The minimum atomic E-state index is 0. The van der Waals surface area contributed by atoms with Crippen molar-refractivity contribution in [3.05, 3.63) is 17.0 Å². The maximum atomic E-state index is 4.20. The third kappa shape index (κ3) is 2.41. The number of hydrogen-bond acceptors (Lipinski definition) is 2. The maximum absolute atomic E-state index is 4.20. The fourth-order valence-electron chi connectivity index (χ4n) is 2.00. The standard InChI is InChI=1S/C9H15N3.2ClH/c1-6-9(7(2)12-11-6)8-4-3-5-10-8;;/h8,10H,3-5H2,1-2H3,(H,11,12);2*1H. The van der Waals surface area contributed by atoms with Gasteiger partial charge in [0.15, 0.2) is 0 Å². The van der Waals surface area contributed by atoms with Crippen LogP contribution >= 0.6 is 24.8 Å². The van der Waals surface area contributed by atoms with Gasteiger partial charge in [0.25, 0.3) is 0 Å². The van der Waals surface area contributed by atoms with Gasteiger partial charge in [-0.25, -0.2) is 0 Å². The molecule has 0 amide bonds. The molecule has 1 aliphatic heterocycles.